The predicted octanol–water partition coefficient (Wildman–Crippen LogP) is 4.19. The van der Waals surface area contributed by atoms with E-state index in [0.717, 1.165) is 46.0 Å². The van der Waals surface area contributed by atoms with E-state index in [-0.39, 0.29) is 5.97 Å². The van der Waals surface area contributed by atoms with Gasteiger partial charge in [0.1, 0.15) is 11.5 Å². The van der Waals surface area contributed by atoms with Crippen molar-refractivity contribution in [3.05, 3.63) is 77.2 Å². The molecule has 1 N–H and O–H groups in total. The number of hydrogen-bond acceptors (Lipinski definition) is 6. The van der Waals surface area contributed by atoms with Gasteiger partial charge in [0, 0.05) is 25.1 Å². The minimum absolute atomic E-state index is 0.213. The number of carbonyl (C=O) groups excluding carboxylic acids is 1. The first-order valence-electron chi connectivity index (χ1n) is 10.4. The Morgan fingerprint density at radius 3 is 2.58 bits per heavy atom. The Kier molecular flexibility index (Phi) is 6.48. The van der Waals surface area contributed by atoms with E-state index in [4.69, 9.17) is 13.9 Å². The highest BCUT2D eigenvalue weighted by Crippen LogP contribution is 2.26. The fraction of sp³-hybridized carbons (Fsp3) is 0.280. The highest BCUT2D eigenvalue weighted by Gasteiger charge is 2.18. The number of rotatable bonds is 8. The first-order valence-corrected chi connectivity index (χ1v) is 10.4. The van der Waals surface area contributed by atoms with Crippen LogP contribution in [0.5, 0.6) is 5.75 Å². The highest BCUT2D eigenvalue weighted by atomic mass is 16.5. The third kappa shape index (κ3) is 5.03. The molecule has 0 saturated carbocycles. The van der Waals surface area contributed by atoms with Crippen LogP contribution in [0.1, 0.15) is 23.4 Å². The summed E-state index contributed by atoms with van der Waals surface area (Å²) in [4.78, 5) is 16.2. The maximum Gasteiger partial charge on any atom is 0.309 e. The number of oxazole rings is 1. The van der Waals surface area contributed by atoms with E-state index in [1.54, 1.807) is 0 Å². The molecule has 0 radical (unpaired) electrons. The van der Waals surface area contributed by atoms with Crippen molar-refractivity contribution in [3.8, 4) is 17.2 Å². The summed E-state index contributed by atoms with van der Waals surface area (Å²) in [5.74, 6) is 2.04. The van der Waals surface area contributed by atoms with Crippen LogP contribution >= 0.6 is 0 Å². The molecule has 160 valence electrons. The van der Waals surface area contributed by atoms with E-state index in [9.17, 15) is 4.79 Å². The van der Waals surface area contributed by atoms with E-state index < -0.39 is 0 Å². The van der Waals surface area contributed by atoms with Crippen molar-refractivity contribution < 1.29 is 18.7 Å². The van der Waals surface area contributed by atoms with Gasteiger partial charge in [0.05, 0.1) is 25.8 Å². The van der Waals surface area contributed by atoms with E-state index in [2.05, 4.69) is 10.3 Å². The Balaban J connectivity index is 1.36. The van der Waals surface area contributed by atoms with Crippen LogP contribution in [0.25, 0.3) is 17.0 Å². The minimum Gasteiger partial charge on any atom is -0.493 e. The van der Waals surface area contributed by atoms with E-state index in [1.165, 1.54) is 7.11 Å². The number of nitrogens with zero attached hydrogens (tertiary/aromatic N) is 1. The molecule has 0 unspecified atom stereocenters. The van der Waals surface area contributed by atoms with Gasteiger partial charge in [0.2, 0.25) is 5.89 Å². The molecular formula is C25H26N2O4. The number of benzene rings is 2. The summed E-state index contributed by atoms with van der Waals surface area (Å²) in [5, 5.41) is 3.31. The van der Waals surface area contributed by atoms with Crippen LogP contribution in [0.3, 0.4) is 0 Å². The summed E-state index contributed by atoms with van der Waals surface area (Å²) in [6.07, 6.45) is 0.987. The molecule has 31 heavy (non-hydrogen) atoms. The maximum atomic E-state index is 11.6. The first-order chi connectivity index (χ1) is 15.1. The molecule has 1 aromatic heterocycles. The second-order valence-electron chi connectivity index (χ2n) is 7.45. The summed E-state index contributed by atoms with van der Waals surface area (Å²) in [7, 11) is 1.42. The van der Waals surface area contributed by atoms with E-state index in [1.807, 2.05) is 61.5 Å². The molecule has 0 amide bonds. The van der Waals surface area contributed by atoms with Crippen molar-refractivity contribution in [1.29, 1.82) is 0 Å². The molecule has 0 fully saturated rings. The van der Waals surface area contributed by atoms with Crippen LogP contribution in [0.15, 0.2) is 64.6 Å². The summed E-state index contributed by atoms with van der Waals surface area (Å²) >= 11 is 0. The lowest BCUT2D eigenvalue weighted by atomic mass is 10.0. The summed E-state index contributed by atoms with van der Waals surface area (Å²) in [6.45, 7) is 3.91. The van der Waals surface area contributed by atoms with Crippen molar-refractivity contribution in [1.82, 2.24) is 10.3 Å². The van der Waals surface area contributed by atoms with Crippen LogP contribution in [0.2, 0.25) is 0 Å². The highest BCUT2D eigenvalue weighted by molar-refractivity contribution is 5.80. The van der Waals surface area contributed by atoms with Crippen LogP contribution < -0.4 is 10.1 Å². The smallest absolute Gasteiger partial charge is 0.309 e. The van der Waals surface area contributed by atoms with Crippen LogP contribution in [0, 0.1) is 6.92 Å². The van der Waals surface area contributed by atoms with E-state index >= 15 is 0 Å². The van der Waals surface area contributed by atoms with Gasteiger partial charge < -0.3 is 19.2 Å². The van der Waals surface area contributed by atoms with Gasteiger partial charge >= 0.3 is 5.97 Å². The van der Waals surface area contributed by atoms with Crippen molar-refractivity contribution in [2.75, 3.05) is 26.8 Å². The van der Waals surface area contributed by atoms with Crippen molar-refractivity contribution in [2.45, 2.75) is 19.8 Å². The fourth-order valence-corrected chi connectivity index (χ4v) is 3.67. The molecule has 6 heteroatoms. The largest absolute Gasteiger partial charge is 0.493 e. The van der Waals surface area contributed by atoms with Crippen molar-refractivity contribution in [3.63, 3.8) is 0 Å². The number of ether oxygens (including phenoxy) is 2. The molecule has 0 saturated heterocycles. The number of carbonyl (C=O) groups is 1. The lowest BCUT2D eigenvalue weighted by Crippen LogP contribution is -2.10. The molecule has 1 aliphatic rings. The number of esters is 1. The number of aryl methyl sites for hydroxylation is 1. The monoisotopic (exact) mass is 418 g/mol. The molecule has 2 heterocycles. The number of hydrogen-bond donors (Lipinski definition) is 1. The SMILES string of the molecule is COC(=O)CC1=C(c2ccc(OCCc3nc(-c4ccccc4)oc3C)cc2)CNC1. The standard InChI is InChI=1S/C25H26N2O4/c1-17-23(27-25(31-17)19-6-4-3-5-7-19)12-13-30-21-10-8-18(9-11-21)22-16-26-15-20(22)14-24(28)29-2/h3-11,26H,12-16H2,1-2H3. The lowest BCUT2D eigenvalue weighted by molar-refractivity contribution is -0.139. The third-order valence-corrected chi connectivity index (χ3v) is 5.38. The molecule has 6 nitrogen and oxygen atoms in total. The van der Waals surface area contributed by atoms with Gasteiger partial charge in [-0.05, 0) is 47.9 Å². The van der Waals surface area contributed by atoms with Gasteiger partial charge in [0.25, 0.3) is 0 Å². The molecule has 0 bridgehead atoms. The second kappa shape index (κ2) is 9.62. The zero-order valence-corrected chi connectivity index (χ0v) is 17.8. The molecule has 1 aliphatic heterocycles. The summed E-state index contributed by atoms with van der Waals surface area (Å²) < 4.78 is 16.5. The average Bonchev–Trinajstić information content (AvgIpc) is 3.41. The molecule has 3 aromatic rings. The molecule has 2 aromatic carbocycles. The molecule has 0 spiro atoms. The Bertz CT molecular complexity index is 1070. The molecule has 0 aliphatic carbocycles. The zero-order chi connectivity index (χ0) is 21.6. The Hall–Kier alpha value is -3.38. The minimum atomic E-state index is -0.213. The van der Waals surface area contributed by atoms with Crippen molar-refractivity contribution in [2.24, 2.45) is 0 Å². The van der Waals surface area contributed by atoms with Gasteiger partial charge in [0.15, 0.2) is 0 Å². The zero-order valence-electron chi connectivity index (χ0n) is 17.8. The van der Waals surface area contributed by atoms with Gasteiger partial charge in [-0.3, -0.25) is 4.79 Å². The number of aromatic nitrogens is 1. The molecular weight excluding hydrogens is 392 g/mol. The molecule has 0 atom stereocenters. The first kappa shape index (κ1) is 20.9. The Morgan fingerprint density at radius 1 is 1.06 bits per heavy atom. The van der Waals surface area contributed by atoms with Gasteiger partial charge in [-0.15, -0.1) is 0 Å². The summed E-state index contributed by atoms with van der Waals surface area (Å²) in [5.41, 5.74) is 5.21. The summed E-state index contributed by atoms with van der Waals surface area (Å²) in [6, 6.07) is 17.9. The normalized spacial score (nSPS) is 13.5. The predicted molar refractivity (Wildman–Crippen MR) is 119 cm³/mol. The molecule has 4 rings (SSSR count). The van der Waals surface area contributed by atoms with E-state index in [0.29, 0.717) is 31.9 Å². The number of nitrogens with one attached hydrogen (secondary N) is 1. The maximum absolute atomic E-state index is 11.6. The number of methoxy groups -OCH3 is 1. The van der Waals surface area contributed by atoms with Crippen molar-refractivity contribution >= 4 is 11.5 Å². The van der Waals surface area contributed by atoms with Gasteiger partial charge in [-0.2, -0.15) is 0 Å². The van der Waals surface area contributed by atoms with Crippen LogP contribution in [0.4, 0.5) is 0 Å². The topological polar surface area (TPSA) is 73.6 Å². The van der Waals surface area contributed by atoms with Gasteiger partial charge in [-0.25, -0.2) is 4.98 Å². The van der Waals surface area contributed by atoms with Crippen LogP contribution in [-0.2, 0) is 16.0 Å². The van der Waals surface area contributed by atoms with Gasteiger partial charge in [-0.1, -0.05) is 30.3 Å². The Morgan fingerprint density at radius 2 is 1.84 bits per heavy atom. The lowest BCUT2D eigenvalue weighted by Gasteiger charge is -2.09. The fourth-order valence-electron chi connectivity index (χ4n) is 3.67. The Labute approximate surface area is 181 Å². The quantitative estimate of drug-likeness (QED) is 0.553. The second-order valence-corrected chi connectivity index (χ2v) is 7.45. The third-order valence-electron chi connectivity index (χ3n) is 5.38. The van der Waals surface area contributed by atoms with Crippen LogP contribution in [-0.4, -0.2) is 37.8 Å². The average molecular weight is 418 g/mol.